The Bertz CT molecular complexity index is 1800. The Hall–Kier alpha value is -3.68. The number of hydrogen-bond acceptors (Lipinski definition) is 0. The molecule has 0 nitrogen and oxygen atoms in total. The van der Waals surface area contributed by atoms with Crippen molar-refractivity contribution in [1.29, 1.82) is 0 Å². The molecule has 0 aliphatic heterocycles. The molecule has 0 saturated carbocycles. The molecule has 7 aromatic rings. The van der Waals surface area contributed by atoms with Crippen LogP contribution in [0.15, 0.2) is 120 Å². The van der Waals surface area contributed by atoms with Gasteiger partial charge in [-0.05, 0) is 77.5 Å². The second kappa shape index (κ2) is 7.16. The van der Waals surface area contributed by atoms with Crippen molar-refractivity contribution in [3.8, 4) is 22.3 Å². The SMILES string of the molecule is Brc1ccc(-c2ccc3ccc4c(-c5cccc6ccccc56)ccc5ccc2c3c54)cc1. The van der Waals surface area contributed by atoms with Gasteiger partial charge in [0.2, 0.25) is 0 Å². The molecule has 0 unspecified atom stereocenters. The molecule has 0 heterocycles. The second-order valence-electron chi connectivity index (χ2n) is 8.68. The van der Waals surface area contributed by atoms with E-state index in [1.807, 2.05) is 0 Å². The van der Waals surface area contributed by atoms with Gasteiger partial charge >= 0.3 is 0 Å². The molecule has 7 rings (SSSR count). The number of rotatable bonds is 2. The molecule has 1 heteroatoms. The van der Waals surface area contributed by atoms with Crippen LogP contribution in [0, 0.1) is 0 Å². The maximum absolute atomic E-state index is 3.57. The average molecular weight is 483 g/mol. The van der Waals surface area contributed by atoms with Crippen molar-refractivity contribution in [2.45, 2.75) is 0 Å². The molecular formula is C32H19Br. The van der Waals surface area contributed by atoms with Crippen LogP contribution in [0.3, 0.4) is 0 Å². The predicted molar refractivity (Wildman–Crippen MR) is 146 cm³/mol. The van der Waals surface area contributed by atoms with Crippen LogP contribution in [0.1, 0.15) is 0 Å². The molecular weight excluding hydrogens is 464 g/mol. The van der Waals surface area contributed by atoms with E-state index in [2.05, 4.69) is 131 Å². The highest BCUT2D eigenvalue weighted by atomic mass is 79.9. The first-order valence-corrected chi connectivity index (χ1v) is 12.0. The molecule has 0 atom stereocenters. The Kier molecular flexibility index (Phi) is 4.09. The van der Waals surface area contributed by atoms with Gasteiger partial charge in [0.25, 0.3) is 0 Å². The molecule has 0 aromatic heterocycles. The highest BCUT2D eigenvalue weighted by molar-refractivity contribution is 9.10. The van der Waals surface area contributed by atoms with Crippen molar-refractivity contribution in [3.63, 3.8) is 0 Å². The third-order valence-electron chi connectivity index (χ3n) is 6.90. The first-order valence-electron chi connectivity index (χ1n) is 11.2. The highest BCUT2D eigenvalue weighted by Crippen LogP contribution is 2.43. The molecule has 0 spiro atoms. The van der Waals surface area contributed by atoms with Crippen LogP contribution < -0.4 is 0 Å². The molecule has 0 N–H and O–H groups in total. The molecule has 0 amide bonds. The first-order chi connectivity index (χ1) is 16.3. The zero-order valence-electron chi connectivity index (χ0n) is 17.8. The Morgan fingerprint density at radius 3 is 1.70 bits per heavy atom. The molecule has 0 aliphatic carbocycles. The monoisotopic (exact) mass is 482 g/mol. The maximum atomic E-state index is 3.57. The maximum Gasteiger partial charge on any atom is 0.0175 e. The summed E-state index contributed by atoms with van der Waals surface area (Å²) in [5.74, 6) is 0. The van der Waals surface area contributed by atoms with Gasteiger partial charge in [-0.3, -0.25) is 0 Å². The Morgan fingerprint density at radius 2 is 0.939 bits per heavy atom. The summed E-state index contributed by atoms with van der Waals surface area (Å²) in [5.41, 5.74) is 5.10. The van der Waals surface area contributed by atoms with Crippen molar-refractivity contribution in [2.24, 2.45) is 0 Å². The Balaban J connectivity index is 1.59. The molecule has 33 heavy (non-hydrogen) atoms. The molecule has 0 bridgehead atoms. The van der Waals surface area contributed by atoms with E-state index in [1.165, 1.54) is 65.3 Å². The van der Waals surface area contributed by atoms with Gasteiger partial charge in [0, 0.05) is 4.47 Å². The fourth-order valence-electron chi connectivity index (χ4n) is 5.38. The topological polar surface area (TPSA) is 0 Å². The smallest absolute Gasteiger partial charge is 0.0175 e. The number of fused-ring (bicyclic) bond motifs is 1. The Morgan fingerprint density at radius 1 is 0.364 bits per heavy atom. The summed E-state index contributed by atoms with van der Waals surface area (Å²) < 4.78 is 1.10. The van der Waals surface area contributed by atoms with E-state index in [-0.39, 0.29) is 0 Å². The third-order valence-corrected chi connectivity index (χ3v) is 7.43. The van der Waals surface area contributed by atoms with E-state index in [0.717, 1.165) is 4.47 Å². The van der Waals surface area contributed by atoms with Crippen LogP contribution >= 0.6 is 15.9 Å². The van der Waals surface area contributed by atoms with E-state index in [1.54, 1.807) is 0 Å². The van der Waals surface area contributed by atoms with Crippen LogP contribution in [0.25, 0.3) is 65.3 Å². The predicted octanol–water partition coefficient (Wildman–Crippen LogP) is 9.83. The lowest BCUT2D eigenvalue weighted by Gasteiger charge is -2.17. The lowest BCUT2D eigenvalue weighted by molar-refractivity contribution is 1.62. The fraction of sp³-hybridized carbons (Fsp3) is 0. The standard InChI is InChI=1S/C32H19Br/c33-24-14-8-21(9-15-24)26-16-10-22-13-19-30-28(17-11-23-12-18-29(26)31(22)32(23)30)27-7-3-5-20-4-1-2-6-25(20)27/h1-19H. The van der Waals surface area contributed by atoms with Crippen LogP contribution in [0.2, 0.25) is 0 Å². The third kappa shape index (κ3) is 2.83. The molecule has 7 aromatic carbocycles. The van der Waals surface area contributed by atoms with Crippen LogP contribution in [-0.4, -0.2) is 0 Å². The first kappa shape index (κ1) is 18.8. The van der Waals surface area contributed by atoms with Crippen molar-refractivity contribution in [2.75, 3.05) is 0 Å². The quantitative estimate of drug-likeness (QED) is 0.215. The number of hydrogen-bond donors (Lipinski definition) is 0. The summed E-state index contributed by atoms with van der Waals surface area (Å²) in [7, 11) is 0. The summed E-state index contributed by atoms with van der Waals surface area (Å²) in [6.45, 7) is 0. The minimum absolute atomic E-state index is 1.10. The molecule has 0 radical (unpaired) electrons. The van der Waals surface area contributed by atoms with Gasteiger partial charge in [0.15, 0.2) is 0 Å². The van der Waals surface area contributed by atoms with Gasteiger partial charge in [-0.25, -0.2) is 0 Å². The number of benzene rings is 7. The average Bonchev–Trinajstić information content (AvgIpc) is 2.87. The highest BCUT2D eigenvalue weighted by Gasteiger charge is 2.15. The largest absolute Gasteiger partial charge is 0.0616 e. The Labute approximate surface area is 200 Å². The van der Waals surface area contributed by atoms with Gasteiger partial charge < -0.3 is 0 Å². The summed E-state index contributed by atoms with van der Waals surface area (Å²) in [6, 6.07) is 42.2. The fourth-order valence-corrected chi connectivity index (χ4v) is 5.64. The van der Waals surface area contributed by atoms with Crippen molar-refractivity contribution in [1.82, 2.24) is 0 Å². The summed E-state index contributed by atoms with van der Waals surface area (Å²) >= 11 is 3.57. The van der Waals surface area contributed by atoms with E-state index in [9.17, 15) is 0 Å². The minimum Gasteiger partial charge on any atom is -0.0616 e. The zero-order valence-corrected chi connectivity index (χ0v) is 19.4. The van der Waals surface area contributed by atoms with Gasteiger partial charge in [0.1, 0.15) is 0 Å². The van der Waals surface area contributed by atoms with Crippen LogP contribution in [0.5, 0.6) is 0 Å². The summed E-state index contributed by atoms with van der Waals surface area (Å²) in [6.07, 6.45) is 0. The lowest BCUT2D eigenvalue weighted by Crippen LogP contribution is -1.90. The van der Waals surface area contributed by atoms with E-state index >= 15 is 0 Å². The molecule has 0 fully saturated rings. The summed E-state index contributed by atoms with van der Waals surface area (Å²) in [5, 5.41) is 10.5. The molecule has 0 aliphatic rings. The molecule has 0 saturated heterocycles. The van der Waals surface area contributed by atoms with E-state index in [4.69, 9.17) is 0 Å². The second-order valence-corrected chi connectivity index (χ2v) is 9.60. The van der Waals surface area contributed by atoms with Gasteiger partial charge in [-0.2, -0.15) is 0 Å². The van der Waals surface area contributed by atoms with Crippen molar-refractivity contribution in [3.05, 3.63) is 120 Å². The van der Waals surface area contributed by atoms with Gasteiger partial charge in [-0.1, -0.05) is 119 Å². The van der Waals surface area contributed by atoms with E-state index < -0.39 is 0 Å². The van der Waals surface area contributed by atoms with Crippen LogP contribution in [0.4, 0.5) is 0 Å². The molecule has 154 valence electrons. The zero-order chi connectivity index (χ0) is 21.9. The number of halogens is 1. The van der Waals surface area contributed by atoms with Gasteiger partial charge in [0.05, 0.1) is 0 Å². The summed E-state index contributed by atoms with van der Waals surface area (Å²) in [4.78, 5) is 0. The normalized spacial score (nSPS) is 11.8. The minimum atomic E-state index is 1.10. The van der Waals surface area contributed by atoms with Crippen LogP contribution in [-0.2, 0) is 0 Å². The van der Waals surface area contributed by atoms with Crippen molar-refractivity contribution < 1.29 is 0 Å². The van der Waals surface area contributed by atoms with E-state index in [0.29, 0.717) is 0 Å². The lowest BCUT2D eigenvalue weighted by atomic mass is 9.86. The van der Waals surface area contributed by atoms with Crippen molar-refractivity contribution >= 4 is 59.0 Å². The van der Waals surface area contributed by atoms with Gasteiger partial charge in [-0.15, -0.1) is 0 Å².